The zero-order valence-electron chi connectivity index (χ0n) is 9.01. The second kappa shape index (κ2) is 6.46. The van der Waals surface area contributed by atoms with Crippen molar-refractivity contribution in [1.82, 2.24) is 4.90 Å². The van der Waals surface area contributed by atoms with Crippen LogP contribution in [-0.4, -0.2) is 24.3 Å². The predicted molar refractivity (Wildman–Crippen MR) is 60.0 cm³/mol. The van der Waals surface area contributed by atoms with E-state index in [-0.39, 0.29) is 0 Å². The van der Waals surface area contributed by atoms with Crippen molar-refractivity contribution in [3.8, 4) is 0 Å². The highest BCUT2D eigenvalue weighted by Crippen LogP contribution is 1.98. The molecule has 13 heavy (non-hydrogen) atoms. The van der Waals surface area contributed by atoms with Gasteiger partial charge in [0, 0.05) is 19.3 Å². The smallest absolute Gasteiger partial charge is 0.101 e. The fourth-order valence-corrected chi connectivity index (χ4v) is 0.996. The van der Waals surface area contributed by atoms with E-state index in [1.165, 1.54) is 0 Å². The molecule has 0 aromatic rings. The number of nitrogens with zero attached hydrogens (tertiary/aromatic N) is 2. The Kier molecular flexibility index (Phi) is 5.94. The first-order valence-corrected chi connectivity index (χ1v) is 4.60. The van der Waals surface area contributed by atoms with Gasteiger partial charge in [-0.15, -0.1) is 6.58 Å². The molecule has 0 atom stereocenters. The van der Waals surface area contributed by atoms with Crippen molar-refractivity contribution in [2.24, 2.45) is 4.99 Å². The van der Waals surface area contributed by atoms with Crippen LogP contribution in [0.15, 0.2) is 29.9 Å². The maximum atomic E-state index is 4.28. The Bertz CT molecular complexity index is 204. The second-order valence-electron chi connectivity index (χ2n) is 3.25. The molecule has 2 nitrogen and oxygen atoms in total. The van der Waals surface area contributed by atoms with E-state index in [4.69, 9.17) is 0 Å². The van der Waals surface area contributed by atoms with E-state index in [2.05, 4.69) is 23.1 Å². The lowest BCUT2D eigenvalue weighted by Crippen LogP contribution is -2.25. The summed E-state index contributed by atoms with van der Waals surface area (Å²) in [5, 5.41) is 0. The van der Waals surface area contributed by atoms with E-state index >= 15 is 0 Å². The lowest BCUT2D eigenvalue weighted by molar-refractivity contribution is 0.487. The van der Waals surface area contributed by atoms with Crippen LogP contribution in [-0.2, 0) is 0 Å². The summed E-state index contributed by atoms with van der Waals surface area (Å²) in [5.74, 6) is 1.02. The van der Waals surface area contributed by atoms with E-state index in [1.54, 1.807) is 0 Å². The summed E-state index contributed by atoms with van der Waals surface area (Å²) in [5.41, 5.74) is 0.855. The van der Waals surface area contributed by atoms with Gasteiger partial charge in [-0.1, -0.05) is 12.7 Å². The van der Waals surface area contributed by atoms with Crippen molar-refractivity contribution in [2.75, 3.05) is 13.6 Å². The van der Waals surface area contributed by atoms with Crippen molar-refractivity contribution >= 4 is 5.84 Å². The topological polar surface area (TPSA) is 15.6 Å². The van der Waals surface area contributed by atoms with Gasteiger partial charge >= 0.3 is 0 Å². The second-order valence-corrected chi connectivity index (χ2v) is 3.25. The maximum Gasteiger partial charge on any atom is 0.101 e. The van der Waals surface area contributed by atoms with Crippen molar-refractivity contribution in [2.45, 2.75) is 26.7 Å². The van der Waals surface area contributed by atoms with Gasteiger partial charge in [0.05, 0.1) is 0 Å². The number of rotatable bonds is 5. The number of allylic oxidation sites excluding steroid dienone is 2. The molecule has 0 N–H and O–H groups in total. The summed E-state index contributed by atoms with van der Waals surface area (Å²) in [6, 6.07) is 0. The Morgan fingerprint density at radius 3 is 2.54 bits per heavy atom. The third kappa shape index (κ3) is 6.14. The summed E-state index contributed by atoms with van der Waals surface area (Å²) in [6.07, 6.45) is 4.13. The van der Waals surface area contributed by atoms with E-state index in [1.807, 2.05) is 27.0 Å². The first-order chi connectivity index (χ1) is 6.07. The summed E-state index contributed by atoms with van der Waals surface area (Å²) < 4.78 is 0. The molecule has 0 aromatic heterocycles. The Morgan fingerprint density at radius 2 is 2.08 bits per heavy atom. The molecule has 0 rings (SSSR count). The van der Waals surface area contributed by atoms with Crippen molar-refractivity contribution in [3.05, 3.63) is 24.9 Å². The molecule has 0 aliphatic heterocycles. The molecule has 0 heterocycles. The third-order valence-electron chi connectivity index (χ3n) is 1.81. The zero-order chi connectivity index (χ0) is 10.3. The molecule has 2 heteroatoms. The molecular weight excluding hydrogens is 160 g/mol. The molecule has 0 radical (unpaired) electrons. The normalized spacial score (nSPS) is 11.2. The number of hydrogen-bond acceptors (Lipinski definition) is 1. The van der Waals surface area contributed by atoms with Gasteiger partial charge in [0.2, 0.25) is 0 Å². The van der Waals surface area contributed by atoms with Gasteiger partial charge < -0.3 is 4.90 Å². The largest absolute Gasteiger partial charge is 0.363 e. The molecule has 0 aliphatic carbocycles. The van der Waals surface area contributed by atoms with Gasteiger partial charge in [-0.05, 0) is 26.7 Å². The van der Waals surface area contributed by atoms with Crippen molar-refractivity contribution < 1.29 is 0 Å². The molecule has 0 unspecified atom stereocenters. The lowest BCUT2D eigenvalue weighted by atomic mass is 10.3. The lowest BCUT2D eigenvalue weighted by Gasteiger charge is -2.17. The van der Waals surface area contributed by atoms with Crippen LogP contribution in [0.4, 0.5) is 0 Å². The number of amidine groups is 1. The van der Waals surface area contributed by atoms with Gasteiger partial charge in [-0.2, -0.15) is 0 Å². The SMILES string of the molecule is C=CCCCN(C)/C(C)=N\C(=C)C. The average molecular weight is 180 g/mol. The first kappa shape index (κ1) is 11.9. The summed E-state index contributed by atoms with van der Waals surface area (Å²) in [6.45, 7) is 12.4. The highest BCUT2D eigenvalue weighted by molar-refractivity contribution is 5.80. The Labute approximate surface area is 81.7 Å². The Morgan fingerprint density at radius 1 is 1.46 bits per heavy atom. The summed E-state index contributed by atoms with van der Waals surface area (Å²) in [7, 11) is 2.05. The van der Waals surface area contributed by atoms with E-state index in [0.717, 1.165) is 30.9 Å². The Hall–Kier alpha value is -1.05. The molecule has 0 aromatic carbocycles. The monoisotopic (exact) mass is 180 g/mol. The van der Waals surface area contributed by atoms with Crippen LogP contribution in [0.3, 0.4) is 0 Å². The zero-order valence-corrected chi connectivity index (χ0v) is 9.01. The quantitative estimate of drug-likeness (QED) is 0.275. The van der Waals surface area contributed by atoms with Crippen LogP contribution in [0.2, 0.25) is 0 Å². The maximum absolute atomic E-state index is 4.28. The van der Waals surface area contributed by atoms with Crippen LogP contribution in [0.5, 0.6) is 0 Å². The molecule has 0 fully saturated rings. The molecule has 74 valence electrons. The fourth-order valence-electron chi connectivity index (χ4n) is 0.996. The molecule has 0 saturated carbocycles. The number of aliphatic imine (C=N–C) groups is 1. The van der Waals surface area contributed by atoms with E-state index in [9.17, 15) is 0 Å². The van der Waals surface area contributed by atoms with Crippen molar-refractivity contribution in [3.63, 3.8) is 0 Å². The van der Waals surface area contributed by atoms with Gasteiger partial charge in [0.1, 0.15) is 5.84 Å². The highest BCUT2D eigenvalue weighted by atomic mass is 15.2. The van der Waals surface area contributed by atoms with Crippen LogP contribution >= 0.6 is 0 Å². The minimum absolute atomic E-state index is 0.855. The minimum atomic E-state index is 0.855. The average Bonchev–Trinajstić information content (AvgIpc) is 2.03. The molecule has 0 spiro atoms. The van der Waals surface area contributed by atoms with E-state index in [0.29, 0.717) is 0 Å². The van der Waals surface area contributed by atoms with Gasteiger partial charge in [0.25, 0.3) is 0 Å². The molecule has 0 aliphatic rings. The standard InChI is InChI=1S/C11H20N2/c1-6-7-8-9-13(5)11(4)12-10(2)3/h6H,1-2,7-9H2,3-5H3/b12-11-. The van der Waals surface area contributed by atoms with E-state index < -0.39 is 0 Å². The Balaban J connectivity index is 3.88. The first-order valence-electron chi connectivity index (χ1n) is 4.60. The van der Waals surface area contributed by atoms with Crippen LogP contribution < -0.4 is 0 Å². The third-order valence-corrected chi connectivity index (χ3v) is 1.81. The molecule has 0 bridgehead atoms. The molecule has 0 saturated heterocycles. The van der Waals surface area contributed by atoms with Gasteiger partial charge in [-0.3, -0.25) is 0 Å². The van der Waals surface area contributed by atoms with Crippen LogP contribution in [0.25, 0.3) is 0 Å². The molecule has 0 amide bonds. The number of hydrogen-bond donors (Lipinski definition) is 0. The predicted octanol–water partition coefficient (Wildman–Crippen LogP) is 2.84. The summed E-state index contributed by atoms with van der Waals surface area (Å²) >= 11 is 0. The molecular formula is C11H20N2. The van der Waals surface area contributed by atoms with Crippen LogP contribution in [0, 0.1) is 0 Å². The minimum Gasteiger partial charge on any atom is -0.363 e. The summed E-state index contributed by atoms with van der Waals surface area (Å²) in [4.78, 5) is 6.42. The number of unbranched alkanes of at least 4 members (excludes halogenated alkanes) is 1. The van der Waals surface area contributed by atoms with Crippen molar-refractivity contribution in [1.29, 1.82) is 0 Å². The van der Waals surface area contributed by atoms with Gasteiger partial charge in [0.15, 0.2) is 0 Å². The van der Waals surface area contributed by atoms with Gasteiger partial charge in [-0.25, -0.2) is 4.99 Å². The highest BCUT2D eigenvalue weighted by Gasteiger charge is 1.98. The van der Waals surface area contributed by atoms with Crippen LogP contribution in [0.1, 0.15) is 26.7 Å². The fraction of sp³-hybridized carbons (Fsp3) is 0.545.